The third-order valence-corrected chi connectivity index (χ3v) is 3.29. The number of nitriles is 1. The second kappa shape index (κ2) is 5.50. The van der Waals surface area contributed by atoms with Crippen LogP contribution in [0.4, 0.5) is 10.1 Å². The molecule has 0 aliphatic heterocycles. The van der Waals surface area contributed by atoms with Crippen LogP contribution >= 0.6 is 11.3 Å². The van der Waals surface area contributed by atoms with Gasteiger partial charge in [0.2, 0.25) is 0 Å². The lowest BCUT2D eigenvalue weighted by atomic mass is 10.2. The maximum Gasteiger partial charge on any atom is 0.265 e. The van der Waals surface area contributed by atoms with Crippen molar-refractivity contribution in [1.29, 1.82) is 5.26 Å². The third kappa shape index (κ3) is 2.89. The molecule has 0 bridgehead atoms. The minimum Gasteiger partial charge on any atom is -0.496 e. The SMILES string of the molecule is COc1csc(C(=O)Nc2ccc(C#N)cc2F)c1. The lowest BCUT2D eigenvalue weighted by Gasteiger charge is -2.04. The highest BCUT2D eigenvalue weighted by Gasteiger charge is 2.12. The van der Waals surface area contributed by atoms with Gasteiger partial charge in [-0.2, -0.15) is 5.26 Å². The average Bonchev–Trinajstić information content (AvgIpc) is 2.90. The molecule has 0 fully saturated rings. The number of nitrogens with zero attached hydrogens (tertiary/aromatic N) is 1. The van der Waals surface area contributed by atoms with Gasteiger partial charge in [-0.05, 0) is 18.2 Å². The number of nitrogens with one attached hydrogen (secondary N) is 1. The molecule has 0 unspecified atom stereocenters. The number of carbonyl (C=O) groups excluding carboxylic acids is 1. The number of thiophene rings is 1. The van der Waals surface area contributed by atoms with Crippen LogP contribution in [0.3, 0.4) is 0 Å². The number of rotatable bonds is 3. The van der Waals surface area contributed by atoms with Gasteiger partial charge >= 0.3 is 0 Å². The predicted octanol–water partition coefficient (Wildman–Crippen LogP) is 3.02. The molecule has 6 heteroatoms. The predicted molar refractivity (Wildman–Crippen MR) is 69.9 cm³/mol. The van der Waals surface area contributed by atoms with Crippen LogP contribution in [0.1, 0.15) is 15.2 Å². The van der Waals surface area contributed by atoms with E-state index in [0.29, 0.717) is 10.6 Å². The Morgan fingerprint density at radius 1 is 1.47 bits per heavy atom. The Balaban J connectivity index is 2.17. The van der Waals surface area contributed by atoms with Gasteiger partial charge in [-0.25, -0.2) is 4.39 Å². The van der Waals surface area contributed by atoms with E-state index in [1.165, 1.54) is 30.6 Å². The number of amides is 1. The summed E-state index contributed by atoms with van der Waals surface area (Å²) in [5.41, 5.74) is 0.240. The summed E-state index contributed by atoms with van der Waals surface area (Å²) < 4.78 is 18.6. The van der Waals surface area contributed by atoms with Crippen LogP contribution in [0.25, 0.3) is 0 Å². The van der Waals surface area contributed by atoms with Crippen molar-refractivity contribution < 1.29 is 13.9 Å². The minimum absolute atomic E-state index is 0.0383. The Morgan fingerprint density at radius 3 is 2.84 bits per heavy atom. The first-order chi connectivity index (χ1) is 9.13. The van der Waals surface area contributed by atoms with E-state index in [9.17, 15) is 9.18 Å². The summed E-state index contributed by atoms with van der Waals surface area (Å²) in [6, 6.07) is 7.26. The summed E-state index contributed by atoms with van der Waals surface area (Å²) in [5.74, 6) is -0.483. The highest BCUT2D eigenvalue weighted by atomic mass is 32.1. The molecule has 0 radical (unpaired) electrons. The van der Waals surface area contributed by atoms with Crippen molar-refractivity contribution in [3.05, 3.63) is 45.9 Å². The normalized spacial score (nSPS) is 9.74. The number of hydrogen-bond donors (Lipinski definition) is 1. The molecule has 0 atom stereocenters. The topological polar surface area (TPSA) is 62.1 Å². The van der Waals surface area contributed by atoms with Gasteiger partial charge in [0.25, 0.3) is 5.91 Å². The summed E-state index contributed by atoms with van der Waals surface area (Å²) in [4.78, 5) is 12.3. The molecular formula is C13H9FN2O2S. The highest BCUT2D eigenvalue weighted by molar-refractivity contribution is 7.12. The number of halogens is 1. The van der Waals surface area contributed by atoms with Gasteiger partial charge in [-0.1, -0.05) is 0 Å². The highest BCUT2D eigenvalue weighted by Crippen LogP contribution is 2.23. The fraction of sp³-hybridized carbons (Fsp3) is 0.0769. The summed E-state index contributed by atoms with van der Waals surface area (Å²) in [7, 11) is 1.50. The summed E-state index contributed by atoms with van der Waals surface area (Å²) in [5, 5.41) is 12.8. The van der Waals surface area contributed by atoms with Gasteiger partial charge in [0.15, 0.2) is 0 Å². The molecule has 96 valence electrons. The summed E-state index contributed by atoms with van der Waals surface area (Å²) in [6.45, 7) is 0. The molecule has 2 rings (SSSR count). The second-order valence-corrected chi connectivity index (χ2v) is 4.52. The first-order valence-electron chi connectivity index (χ1n) is 5.27. The van der Waals surface area contributed by atoms with Crippen LogP contribution in [0, 0.1) is 17.1 Å². The van der Waals surface area contributed by atoms with Gasteiger partial charge in [-0.3, -0.25) is 4.79 Å². The quantitative estimate of drug-likeness (QED) is 0.937. The van der Waals surface area contributed by atoms with Crippen LogP contribution in [0.2, 0.25) is 0 Å². The van der Waals surface area contributed by atoms with Gasteiger partial charge in [0.1, 0.15) is 11.6 Å². The van der Waals surface area contributed by atoms with E-state index in [-0.39, 0.29) is 11.3 Å². The van der Waals surface area contributed by atoms with Crippen LogP contribution in [-0.2, 0) is 0 Å². The molecule has 0 spiro atoms. The minimum atomic E-state index is -0.643. The number of methoxy groups -OCH3 is 1. The Bertz CT molecular complexity index is 661. The number of ether oxygens (including phenoxy) is 1. The molecule has 1 N–H and O–H groups in total. The fourth-order valence-corrected chi connectivity index (χ4v) is 2.16. The molecule has 0 saturated heterocycles. The zero-order chi connectivity index (χ0) is 13.8. The Hall–Kier alpha value is -2.39. The Labute approximate surface area is 113 Å². The largest absolute Gasteiger partial charge is 0.496 e. The number of carbonyl (C=O) groups is 1. The molecule has 1 aromatic carbocycles. The molecular weight excluding hydrogens is 267 g/mol. The van der Waals surface area contributed by atoms with E-state index in [1.54, 1.807) is 11.4 Å². The van der Waals surface area contributed by atoms with Crippen molar-refractivity contribution in [3.8, 4) is 11.8 Å². The molecule has 1 heterocycles. The van der Waals surface area contributed by atoms with Crippen LogP contribution in [-0.4, -0.2) is 13.0 Å². The smallest absolute Gasteiger partial charge is 0.265 e. The van der Waals surface area contributed by atoms with E-state index >= 15 is 0 Å². The molecule has 0 aliphatic carbocycles. The van der Waals surface area contributed by atoms with Crippen LogP contribution in [0.15, 0.2) is 29.6 Å². The van der Waals surface area contributed by atoms with Gasteiger partial charge in [0, 0.05) is 11.4 Å². The van der Waals surface area contributed by atoms with E-state index in [4.69, 9.17) is 10.00 Å². The van der Waals surface area contributed by atoms with E-state index in [2.05, 4.69) is 5.32 Å². The monoisotopic (exact) mass is 276 g/mol. The summed E-state index contributed by atoms with van der Waals surface area (Å²) in [6.07, 6.45) is 0. The van der Waals surface area contributed by atoms with Gasteiger partial charge in [-0.15, -0.1) is 11.3 Å². The molecule has 0 saturated carbocycles. The zero-order valence-corrected chi connectivity index (χ0v) is 10.8. The van der Waals surface area contributed by atoms with Gasteiger partial charge in [0.05, 0.1) is 29.3 Å². The van der Waals surface area contributed by atoms with Crippen molar-refractivity contribution in [2.24, 2.45) is 0 Å². The van der Waals surface area contributed by atoms with Crippen molar-refractivity contribution in [2.75, 3.05) is 12.4 Å². The zero-order valence-electron chi connectivity index (χ0n) is 9.94. The molecule has 1 aromatic heterocycles. The van der Waals surface area contributed by atoms with Gasteiger partial charge < -0.3 is 10.1 Å². The van der Waals surface area contributed by atoms with Crippen LogP contribution < -0.4 is 10.1 Å². The molecule has 2 aromatic rings. The maximum absolute atomic E-state index is 13.6. The van der Waals surface area contributed by atoms with Crippen molar-refractivity contribution in [3.63, 3.8) is 0 Å². The first kappa shape index (κ1) is 13.1. The molecule has 1 amide bonds. The fourth-order valence-electron chi connectivity index (χ4n) is 1.41. The lowest BCUT2D eigenvalue weighted by Crippen LogP contribution is -2.11. The van der Waals surface area contributed by atoms with E-state index < -0.39 is 11.7 Å². The third-order valence-electron chi connectivity index (χ3n) is 2.38. The number of benzene rings is 1. The lowest BCUT2D eigenvalue weighted by molar-refractivity contribution is 0.103. The van der Waals surface area contributed by atoms with Crippen molar-refractivity contribution in [1.82, 2.24) is 0 Å². The molecule has 19 heavy (non-hydrogen) atoms. The molecule has 4 nitrogen and oxygen atoms in total. The Kier molecular flexibility index (Phi) is 3.78. The maximum atomic E-state index is 13.6. The second-order valence-electron chi connectivity index (χ2n) is 3.61. The first-order valence-corrected chi connectivity index (χ1v) is 6.15. The Morgan fingerprint density at radius 2 is 2.26 bits per heavy atom. The molecule has 0 aliphatic rings. The number of hydrogen-bond acceptors (Lipinski definition) is 4. The number of anilines is 1. The summed E-state index contributed by atoms with van der Waals surface area (Å²) >= 11 is 1.20. The van der Waals surface area contributed by atoms with Crippen LogP contribution in [0.5, 0.6) is 5.75 Å². The standard InChI is InChI=1S/C13H9FN2O2S/c1-18-9-5-12(19-7-9)13(17)16-11-3-2-8(6-15)4-10(11)14/h2-5,7H,1H3,(H,16,17). The van der Waals surface area contributed by atoms with Crippen molar-refractivity contribution in [2.45, 2.75) is 0 Å². The van der Waals surface area contributed by atoms with E-state index in [1.807, 2.05) is 6.07 Å². The van der Waals surface area contributed by atoms with Crippen molar-refractivity contribution >= 4 is 22.9 Å². The average molecular weight is 276 g/mol. The van der Waals surface area contributed by atoms with E-state index in [0.717, 1.165) is 6.07 Å².